The van der Waals surface area contributed by atoms with E-state index in [2.05, 4.69) is 4.98 Å². The van der Waals surface area contributed by atoms with Crippen LogP contribution in [0.25, 0.3) is 10.9 Å². The molecule has 2 aromatic rings. The molecule has 0 saturated heterocycles. The zero-order valence-electron chi connectivity index (χ0n) is 11.5. The maximum atomic E-state index is 12.7. The highest BCUT2D eigenvalue weighted by Crippen LogP contribution is 2.19. The molecule has 0 radical (unpaired) electrons. The molecule has 2 N–H and O–H groups in total. The summed E-state index contributed by atoms with van der Waals surface area (Å²) in [6.07, 6.45) is 1.71. The number of nitrogens with two attached hydrogens (primary N) is 1. The molecular weight excluding hydrogens is 270 g/mol. The second kappa shape index (κ2) is 5.96. The molecule has 0 atom stereocenters. The van der Waals surface area contributed by atoms with Gasteiger partial charge in [-0.1, -0.05) is 24.4 Å². The lowest BCUT2D eigenvalue weighted by Crippen LogP contribution is -2.42. The third-order valence-electron chi connectivity index (χ3n) is 3.09. The Kier molecular flexibility index (Phi) is 4.29. The van der Waals surface area contributed by atoms with Gasteiger partial charge in [-0.2, -0.15) is 0 Å². The van der Waals surface area contributed by atoms with Crippen molar-refractivity contribution in [3.05, 3.63) is 42.1 Å². The molecule has 0 fully saturated rings. The lowest BCUT2D eigenvalue weighted by molar-refractivity contribution is 0.0738. The van der Waals surface area contributed by atoms with E-state index in [1.165, 1.54) is 0 Å². The van der Waals surface area contributed by atoms with Gasteiger partial charge in [0.1, 0.15) is 0 Å². The van der Waals surface area contributed by atoms with Crippen LogP contribution in [0.2, 0.25) is 0 Å². The smallest absolute Gasteiger partial charge is 0.255 e. The minimum atomic E-state index is -0.0774. The number of rotatable bonds is 4. The van der Waals surface area contributed by atoms with Crippen molar-refractivity contribution >= 4 is 34.0 Å². The molecule has 1 amide bonds. The normalized spacial score (nSPS) is 10.8. The van der Waals surface area contributed by atoms with E-state index in [-0.39, 0.29) is 18.5 Å². The van der Waals surface area contributed by atoms with Crippen molar-refractivity contribution in [1.82, 2.24) is 9.88 Å². The second-order valence-corrected chi connectivity index (χ2v) is 5.39. The van der Waals surface area contributed by atoms with Gasteiger partial charge in [0.15, 0.2) is 0 Å². The maximum Gasteiger partial charge on any atom is 0.255 e. The summed E-state index contributed by atoms with van der Waals surface area (Å²) >= 11 is 4.93. The minimum absolute atomic E-state index is 0.0240. The highest BCUT2D eigenvalue weighted by Gasteiger charge is 2.21. The molecule has 5 heteroatoms. The quantitative estimate of drug-likeness (QED) is 0.877. The number of pyridine rings is 1. The summed E-state index contributed by atoms with van der Waals surface area (Å²) in [6, 6.07) is 9.28. The monoisotopic (exact) mass is 287 g/mol. The van der Waals surface area contributed by atoms with Crippen LogP contribution in [0.1, 0.15) is 24.2 Å². The first-order chi connectivity index (χ1) is 9.50. The molecule has 1 aromatic heterocycles. The zero-order chi connectivity index (χ0) is 14.7. The van der Waals surface area contributed by atoms with E-state index in [0.717, 1.165) is 10.9 Å². The predicted octanol–water partition coefficient (Wildman–Crippen LogP) is 2.37. The largest absolute Gasteiger partial charge is 0.392 e. The average molecular weight is 287 g/mol. The number of nitrogens with zero attached hydrogens (tertiary/aromatic N) is 2. The topological polar surface area (TPSA) is 59.2 Å². The molecule has 0 aliphatic rings. The highest BCUT2D eigenvalue weighted by molar-refractivity contribution is 7.80. The first kappa shape index (κ1) is 14.4. The molecule has 0 spiro atoms. The first-order valence-electron chi connectivity index (χ1n) is 6.43. The summed E-state index contributed by atoms with van der Waals surface area (Å²) in [5.74, 6) is -0.0774. The lowest BCUT2D eigenvalue weighted by Gasteiger charge is -2.26. The number of fused-ring (bicyclic) bond motifs is 1. The summed E-state index contributed by atoms with van der Waals surface area (Å²) in [4.78, 5) is 19.0. The van der Waals surface area contributed by atoms with Crippen LogP contribution in [0.5, 0.6) is 0 Å². The Morgan fingerprint density at radius 2 is 2.10 bits per heavy atom. The van der Waals surface area contributed by atoms with Crippen molar-refractivity contribution in [2.24, 2.45) is 5.73 Å². The van der Waals surface area contributed by atoms with Crippen molar-refractivity contribution in [2.75, 3.05) is 6.54 Å². The van der Waals surface area contributed by atoms with Crippen molar-refractivity contribution in [2.45, 2.75) is 19.9 Å². The summed E-state index contributed by atoms with van der Waals surface area (Å²) < 4.78 is 0. The number of amides is 1. The Morgan fingerprint density at radius 1 is 1.35 bits per heavy atom. The van der Waals surface area contributed by atoms with Gasteiger partial charge >= 0.3 is 0 Å². The Bertz CT molecular complexity index is 649. The molecule has 1 aromatic carbocycles. The number of carbonyl (C=O) groups is 1. The molecule has 20 heavy (non-hydrogen) atoms. The maximum absolute atomic E-state index is 12.7. The number of hydrogen-bond donors (Lipinski definition) is 1. The SMILES string of the molecule is CC(C)N(CC(N)=S)C(=O)c1cccc2ncccc12. The van der Waals surface area contributed by atoms with Crippen LogP contribution in [-0.2, 0) is 0 Å². The number of benzene rings is 1. The molecular formula is C15H17N3OS. The molecule has 0 saturated carbocycles. The van der Waals surface area contributed by atoms with Crippen molar-refractivity contribution in [1.29, 1.82) is 0 Å². The van der Waals surface area contributed by atoms with Crippen molar-refractivity contribution in [3.8, 4) is 0 Å². The van der Waals surface area contributed by atoms with Crippen LogP contribution in [0.15, 0.2) is 36.5 Å². The van der Waals surface area contributed by atoms with Crippen LogP contribution in [-0.4, -0.2) is 33.4 Å². The van der Waals surface area contributed by atoms with Gasteiger partial charge in [-0.25, -0.2) is 0 Å². The third-order valence-corrected chi connectivity index (χ3v) is 3.22. The number of aromatic nitrogens is 1. The molecule has 104 valence electrons. The van der Waals surface area contributed by atoms with E-state index in [1.807, 2.05) is 38.1 Å². The van der Waals surface area contributed by atoms with Gasteiger partial charge < -0.3 is 10.6 Å². The van der Waals surface area contributed by atoms with E-state index in [4.69, 9.17) is 18.0 Å². The van der Waals surface area contributed by atoms with Crippen LogP contribution in [0, 0.1) is 0 Å². The lowest BCUT2D eigenvalue weighted by atomic mass is 10.1. The fourth-order valence-electron chi connectivity index (χ4n) is 2.10. The fraction of sp³-hybridized carbons (Fsp3) is 0.267. The van der Waals surface area contributed by atoms with Gasteiger partial charge in [0.25, 0.3) is 5.91 Å². The van der Waals surface area contributed by atoms with Gasteiger partial charge in [-0.05, 0) is 32.0 Å². The zero-order valence-corrected chi connectivity index (χ0v) is 12.4. The van der Waals surface area contributed by atoms with Crippen molar-refractivity contribution in [3.63, 3.8) is 0 Å². The van der Waals surface area contributed by atoms with Crippen LogP contribution < -0.4 is 5.73 Å². The Hall–Kier alpha value is -2.01. The molecule has 0 aliphatic carbocycles. The van der Waals surface area contributed by atoms with Crippen molar-refractivity contribution < 1.29 is 4.79 Å². The van der Waals surface area contributed by atoms with Crippen LogP contribution in [0.4, 0.5) is 0 Å². The van der Waals surface area contributed by atoms with Crippen LogP contribution in [0.3, 0.4) is 0 Å². The molecule has 2 rings (SSSR count). The van der Waals surface area contributed by atoms with E-state index >= 15 is 0 Å². The van der Waals surface area contributed by atoms with Gasteiger partial charge in [0, 0.05) is 23.2 Å². The van der Waals surface area contributed by atoms with E-state index < -0.39 is 0 Å². The summed E-state index contributed by atoms with van der Waals surface area (Å²) in [6.45, 7) is 4.17. The third kappa shape index (κ3) is 2.93. The number of carbonyl (C=O) groups excluding carboxylic acids is 1. The molecule has 4 nitrogen and oxygen atoms in total. The van der Waals surface area contributed by atoms with Gasteiger partial charge in [-0.15, -0.1) is 0 Å². The second-order valence-electron chi connectivity index (χ2n) is 4.87. The highest BCUT2D eigenvalue weighted by atomic mass is 32.1. The average Bonchev–Trinajstić information content (AvgIpc) is 2.43. The minimum Gasteiger partial charge on any atom is -0.392 e. The number of thiocarbonyl (C=S) groups is 1. The molecule has 0 bridgehead atoms. The Labute approximate surface area is 123 Å². The molecule has 0 unspecified atom stereocenters. The number of hydrogen-bond acceptors (Lipinski definition) is 3. The Balaban J connectivity index is 2.46. The predicted molar refractivity (Wildman–Crippen MR) is 84.7 cm³/mol. The first-order valence-corrected chi connectivity index (χ1v) is 6.84. The van der Waals surface area contributed by atoms with E-state index in [1.54, 1.807) is 17.2 Å². The standard InChI is InChI=1S/C15H17N3OS/c1-10(2)18(9-14(16)20)15(19)12-5-3-7-13-11(12)6-4-8-17-13/h3-8,10H,9H2,1-2H3,(H2,16,20). The van der Waals surface area contributed by atoms with Gasteiger partial charge in [0.05, 0.1) is 17.0 Å². The van der Waals surface area contributed by atoms with E-state index in [0.29, 0.717) is 10.6 Å². The van der Waals surface area contributed by atoms with Crippen LogP contribution >= 0.6 is 12.2 Å². The fourth-order valence-corrected chi connectivity index (χ4v) is 2.24. The van der Waals surface area contributed by atoms with E-state index in [9.17, 15) is 4.79 Å². The molecule has 1 heterocycles. The van der Waals surface area contributed by atoms with Gasteiger partial charge in [-0.3, -0.25) is 9.78 Å². The van der Waals surface area contributed by atoms with Gasteiger partial charge in [0.2, 0.25) is 0 Å². The summed E-state index contributed by atoms with van der Waals surface area (Å²) in [7, 11) is 0. The Morgan fingerprint density at radius 3 is 2.75 bits per heavy atom. The summed E-state index contributed by atoms with van der Waals surface area (Å²) in [5, 5.41) is 0.841. The molecule has 0 aliphatic heterocycles. The summed E-state index contributed by atoms with van der Waals surface area (Å²) in [5.41, 5.74) is 7.01.